The van der Waals surface area contributed by atoms with Crippen molar-refractivity contribution in [3.63, 3.8) is 0 Å². The molecule has 0 radical (unpaired) electrons. The van der Waals surface area contributed by atoms with E-state index in [1.807, 2.05) is 18.3 Å². The van der Waals surface area contributed by atoms with Crippen molar-refractivity contribution in [2.24, 2.45) is 10.8 Å². The average Bonchev–Trinajstić information content (AvgIpc) is 2.91. The van der Waals surface area contributed by atoms with E-state index in [9.17, 15) is 14.7 Å². The van der Waals surface area contributed by atoms with Crippen molar-refractivity contribution in [2.45, 2.75) is 51.5 Å². The maximum absolute atomic E-state index is 12.6. The van der Waals surface area contributed by atoms with Gasteiger partial charge in [0.15, 0.2) is 0 Å². The third-order valence-corrected chi connectivity index (χ3v) is 6.71. The average molecular weight is 410 g/mol. The number of carboxylic acids is 1. The van der Waals surface area contributed by atoms with E-state index in [1.165, 1.54) is 0 Å². The van der Waals surface area contributed by atoms with Crippen LogP contribution in [0.1, 0.15) is 51.6 Å². The van der Waals surface area contributed by atoms with E-state index < -0.39 is 11.4 Å². The highest BCUT2D eigenvalue weighted by Gasteiger charge is 2.51. The van der Waals surface area contributed by atoms with Gasteiger partial charge in [0.25, 0.3) is 0 Å². The molecule has 1 saturated heterocycles. The molecule has 2 heterocycles. The summed E-state index contributed by atoms with van der Waals surface area (Å²) in [7, 11) is 4.21. The Bertz CT molecular complexity index is 713. The van der Waals surface area contributed by atoms with Crippen LogP contribution in [0.25, 0.3) is 0 Å². The second kappa shape index (κ2) is 7.99. The zero-order valence-electron chi connectivity index (χ0n) is 17.3. The molecule has 1 amide bonds. The van der Waals surface area contributed by atoms with Gasteiger partial charge in [0.2, 0.25) is 5.91 Å². The van der Waals surface area contributed by atoms with Gasteiger partial charge in [0, 0.05) is 25.7 Å². The number of pyridine rings is 1. The maximum Gasteiger partial charge on any atom is 0.310 e. The van der Waals surface area contributed by atoms with E-state index >= 15 is 0 Å². The summed E-state index contributed by atoms with van der Waals surface area (Å²) in [6.45, 7) is 4.33. The Labute approximate surface area is 173 Å². The molecule has 28 heavy (non-hydrogen) atoms. The van der Waals surface area contributed by atoms with Crippen molar-refractivity contribution < 1.29 is 14.7 Å². The summed E-state index contributed by atoms with van der Waals surface area (Å²) >= 11 is 0. The number of hydrogen-bond acceptors (Lipinski definition) is 4. The molecule has 6 nitrogen and oxygen atoms in total. The predicted octanol–water partition coefficient (Wildman–Crippen LogP) is 3.16. The van der Waals surface area contributed by atoms with Crippen LogP contribution in [0, 0.1) is 10.8 Å². The molecule has 7 heteroatoms. The van der Waals surface area contributed by atoms with Crippen molar-refractivity contribution in [3.05, 3.63) is 30.1 Å². The normalized spacial score (nSPS) is 27.9. The molecule has 1 aliphatic carbocycles. The first-order chi connectivity index (χ1) is 12.6. The molecule has 1 aromatic heterocycles. The zero-order chi connectivity index (χ0) is 19.9. The number of nitrogens with zero attached hydrogens (tertiary/aromatic N) is 3. The van der Waals surface area contributed by atoms with Crippen LogP contribution >= 0.6 is 12.4 Å². The lowest BCUT2D eigenvalue weighted by Crippen LogP contribution is -2.48. The first kappa shape index (κ1) is 22.6. The lowest BCUT2D eigenvalue weighted by Gasteiger charge is -2.48. The van der Waals surface area contributed by atoms with Crippen LogP contribution in [-0.4, -0.2) is 59.0 Å². The molecule has 156 valence electrons. The van der Waals surface area contributed by atoms with Gasteiger partial charge in [0.1, 0.15) is 0 Å². The number of carbonyl (C=O) groups excluding carboxylic acids is 1. The Hall–Kier alpha value is -1.66. The van der Waals surface area contributed by atoms with Crippen LogP contribution in [0.2, 0.25) is 0 Å². The van der Waals surface area contributed by atoms with E-state index in [0.717, 1.165) is 31.4 Å². The lowest BCUT2D eigenvalue weighted by atomic mass is 9.65. The van der Waals surface area contributed by atoms with Crippen LogP contribution in [0.15, 0.2) is 24.4 Å². The van der Waals surface area contributed by atoms with Gasteiger partial charge in [-0.15, -0.1) is 12.4 Å². The van der Waals surface area contributed by atoms with Gasteiger partial charge in [-0.3, -0.25) is 19.5 Å². The fraction of sp³-hybridized carbons (Fsp3) is 0.667. The fourth-order valence-electron chi connectivity index (χ4n) is 4.77. The molecule has 0 bridgehead atoms. The molecule has 2 fully saturated rings. The topological polar surface area (TPSA) is 73.7 Å². The van der Waals surface area contributed by atoms with Crippen molar-refractivity contribution in [1.82, 2.24) is 14.8 Å². The Morgan fingerprint density at radius 1 is 1.25 bits per heavy atom. The van der Waals surface area contributed by atoms with Crippen molar-refractivity contribution in [1.29, 1.82) is 0 Å². The summed E-state index contributed by atoms with van der Waals surface area (Å²) in [6, 6.07) is 6.07. The van der Waals surface area contributed by atoms with Gasteiger partial charge in [-0.25, -0.2) is 0 Å². The minimum Gasteiger partial charge on any atom is -0.481 e. The number of hydrogen-bond donors (Lipinski definition) is 1. The number of halogens is 1. The van der Waals surface area contributed by atoms with Gasteiger partial charge in [-0.2, -0.15) is 0 Å². The predicted molar refractivity (Wildman–Crippen MR) is 110 cm³/mol. The third-order valence-electron chi connectivity index (χ3n) is 6.71. The third kappa shape index (κ3) is 4.03. The molecule has 3 rings (SSSR count). The number of amides is 1. The minimum atomic E-state index is -0.919. The molecular formula is C21H32ClN3O3. The smallest absolute Gasteiger partial charge is 0.310 e. The Morgan fingerprint density at radius 3 is 2.39 bits per heavy atom. The molecule has 1 aliphatic heterocycles. The number of carbonyl (C=O) groups is 2. The van der Waals surface area contributed by atoms with Gasteiger partial charge in [0.05, 0.1) is 16.6 Å². The van der Waals surface area contributed by atoms with Gasteiger partial charge in [-0.1, -0.05) is 6.07 Å². The zero-order valence-corrected chi connectivity index (χ0v) is 18.1. The maximum atomic E-state index is 12.6. The highest BCUT2D eigenvalue weighted by molar-refractivity contribution is 5.85. The minimum absolute atomic E-state index is 0. The molecule has 2 aliphatic rings. The van der Waals surface area contributed by atoms with Crippen LogP contribution in [-0.2, 0) is 15.1 Å². The molecule has 0 aromatic carbocycles. The lowest BCUT2D eigenvalue weighted by molar-refractivity contribution is -0.148. The van der Waals surface area contributed by atoms with Crippen LogP contribution < -0.4 is 0 Å². The number of rotatable bonds is 5. The summed E-state index contributed by atoms with van der Waals surface area (Å²) in [5.74, 6) is -0.763. The van der Waals surface area contributed by atoms with Gasteiger partial charge < -0.3 is 10.0 Å². The molecular weight excluding hydrogens is 378 g/mol. The Morgan fingerprint density at radius 2 is 1.89 bits per heavy atom. The van der Waals surface area contributed by atoms with E-state index in [1.54, 1.807) is 18.7 Å². The Balaban J connectivity index is 0.00000280. The number of aliphatic carboxylic acids is 1. The second-order valence-electron chi connectivity index (χ2n) is 9.26. The van der Waals surface area contributed by atoms with Crippen molar-refractivity contribution in [2.75, 3.05) is 27.2 Å². The monoisotopic (exact) mass is 409 g/mol. The highest BCUT2D eigenvalue weighted by Crippen LogP contribution is 2.51. The first-order valence-electron chi connectivity index (χ1n) is 9.70. The largest absolute Gasteiger partial charge is 0.481 e. The SMILES string of the molecule is CN(C)C1(c2ccccn2)CCC2(CC1)CC(=O)N(CC(C)(C)C(=O)O)C2.Cl. The molecule has 1 N–H and O–H groups in total. The van der Waals surface area contributed by atoms with Gasteiger partial charge in [-0.05, 0) is 71.2 Å². The molecule has 0 unspecified atom stereocenters. The first-order valence-corrected chi connectivity index (χ1v) is 9.70. The number of aromatic nitrogens is 1. The summed E-state index contributed by atoms with van der Waals surface area (Å²) < 4.78 is 0. The second-order valence-corrected chi connectivity index (χ2v) is 9.26. The summed E-state index contributed by atoms with van der Waals surface area (Å²) in [5, 5.41) is 9.40. The quantitative estimate of drug-likeness (QED) is 0.808. The summed E-state index contributed by atoms with van der Waals surface area (Å²) in [5.41, 5.74) is 0.0542. The van der Waals surface area contributed by atoms with Crippen LogP contribution in [0.3, 0.4) is 0 Å². The number of carboxylic acid groups (broad SMARTS) is 1. The standard InChI is InChI=1S/C21H31N3O3.ClH/c1-19(2,18(26)27)14-24-15-20(13-17(24)25)8-10-21(11-9-20,23(3)4)16-7-5-6-12-22-16;/h5-7,12H,8-11,13-15H2,1-4H3,(H,26,27);1H. The van der Waals surface area contributed by atoms with E-state index in [2.05, 4.69) is 30.0 Å². The summed E-state index contributed by atoms with van der Waals surface area (Å²) in [6.07, 6.45) is 6.21. The van der Waals surface area contributed by atoms with Gasteiger partial charge >= 0.3 is 5.97 Å². The van der Waals surface area contributed by atoms with Crippen LogP contribution in [0.5, 0.6) is 0 Å². The molecule has 1 spiro atoms. The van der Waals surface area contributed by atoms with E-state index in [-0.39, 0.29) is 35.8 Å². The molecule has 1 aromatic rings. The summed E-state index contributed by atoms with van der Waals surface area (Å²) in [4.78, 5) is 32.7. The fourth-order valence-corrected chi connectivity index (χ4v) is 4.77. The Kier molecular flexibility index (Phi) is 6.46. The van der Waals surface area contributed by atoms with E-state index in [4.69, 9.17) is 0 Å². The van der Waals surface area contributed by atoms with Crippen molar-refractivity contribution >= 4 is 24.3 Å². The molecule has 0 atom stereocenters. The molecule has 1 saturated carbocycles. The number of likely N-dealkylation sites (tertiary alicyclic amines) is 1. The highest BCUT2D eigenvalue weighted by atomic mass is 35.5. The van der Waals surface area contributed by atoms with E-state index in [0.29, 0.717) is 13.0 Å². The van der Waals surface area contributed by atoms with Crippen molar-refractivity contribution in [3.8, 4) is 0 Å². The van der Waals surface area contributed by atoms with Crippen LogP contribution in [0.4, 0.5) is 0 Å².